The topological polar surface area (TPSA) is 133 Å². The van der Waals surface area contributed by atoms with Gasteiger partial charge in [-0.1, -0.05) is 0 Å². The zero-order valence-corrected chi connectivity index (χ0v) is 14.1. The summed E-state index contributed by atoms with van der Waals surface area (Å²) in [4.78, 5) is 28.2. The fraction of sp³-hybridized carbons (Fsp3) is 0.286. The number of nitrogen functional groups attached to an aromatic ring is 1. The van der Waals surface area contributed by atoms with Gasteiger partial charge in [0, 0.05) is 20.1 Å². The number of carbonyl (C=O) groups is 2. The maximum absolute atomic E-state index is 12.2. The summed E-state index contributed by atoms with van der Waals surface area (Å²) in [6.45, 7) is 2.48. The van der Waals surface area contributed by atoms with E-state index >= 15 is 0 Å². The summed E-state index contributed by atoms with van der Waals surface area (Å²) < 4.78 is 4.04. The number of nitrogens with zero attached hydrogens (tertiary/aromatic N) is 3. The van der Waals surface area contributed by atoms with Gasteiger partial charge in [-0.2, -0.15) is 4.37 Å². The normalized spacial score (nSPS) is 10.2. The molecule has 2 aromatic rings. The minimum Gasteiger partial charge on any atom is -0.465 e. The van der Waals surface area contributed by atoms with E-state index in [4.69, 9.17) is 10.8 Å². The zero-order valence-electron chi connectivity index (χ0n) is 13.2. The Morgan fingerprint density at radius 3 is 2.71 bits per heavy atom. The second-order valence-corrected chi connectivity index (χ2v) is 5.83. The number of pyridine rings is 1. The average molecular weight is 350 g/mol. The predicted molar refractivity (Wildman–Crippen MR) is 92.6 cm³/mol. The van der Waals surface area contributed by atoms with Crippen LogP contribution in [0.3, 0.4) is 0 Å². The van der Waals surface area contributed by atoms with E-state index in [9.17, 15) is 9.59 Å². The molecular weight excluding hydrogens is 332 g/mol. The standard InChI is InChI=1S/C14H18N6O3S/c1-8-11(12(15)24-19-8)13(21)18-9-3-4-10(17-7-9)16-5-6-20(2)14(22)23/h3-4,7H,5-6,15H2,1-2H3,(H,16,17)(H,18,21)(H,22,23). The maximum Gasteiger partial charge on any atom is 0.407 e. The van der Waals surface area contributed by atoms with Crippen molar-refractivity contribution in [3.05, 3.63) is 29.6 Å². The van der Waals surface area contributed by atoms with Crippen molar-refractivity contribution in [3.63, 3.8) is 0 Å². The smallest absolute Gasteiger partial charge is 0.407 e. The molecule has 0 radical (unpaired) electrons. The number of nitrogens with two attached hydrogens (primary N) is 1. The number of nitrogens with one attached hydrogen (secondary N) is 2. The first-order valence-electron chi connectivity index (χ1n) is 7.05. The molecule has 2 rings (SSSR count). The third kappa shape index (κ3) is 4.32. The molecule has 0 aliphatic rings. The SMILES string of the molecule is Cc1nsc(N)c1C(=O)Nc1ccc(NCCN(C)C(=O)O)nc1. The molecule has 0 spiro atoms. The number of carboxylic acid groups (broad SMARTS) is 1. The van der Waals surface area contributed by atoms with Gasteiger partial charge in [0.05, 0.1) is 23.1 Å². The molecule has 0 saturated carbocycles. The van der Waals surface area contributed by atoms with E-state index in [0.29, 0.717) is 40.9 Å². The first-order valence-corrected chi connectivity index (χ1v) is 7.83. The van der Waals surface area contributed by atoms with Gasteiger partial charge in [-0.15, -0.1) is 0 Å². The van der Waals surface area contributed by atoms with Gasteiger partial charge >= 0.3 is 6.09 Å². The van der Waals surface area contributed by atoms with Gasteiger partial charge in [0.2, 0.25) is 0 Å². The number of amides is 2. The van der Waals surface area contributed by atoms with Crippen molar-refractivity contribution in [3.8, 4) is 0 Å². The monoisotopic (exact) mass is 350 g/mol. The van der Waals surface area contributed by atoms with Gasteiger partial charge < -0.3 is 26.4 Å². The highest BCUT2D eigenvalue weighted by atomic mass is 32.1. The predicted octanol–water partition coefficient (Wildman–Crippen LogP) is 1.70. The van der Waals surface area contributed by atoms with Crippen molar-refractivity contribution in [2.24, 2.45) is 0 Å². The summed E-state index contributed by atoms with van der Waals surface area (Å²) in [5, 5.41) is 14.8. The van der Waals surface area contributed by atoms with Gasteiger partial charge in [0.25, 0.3) is 5.91 Å². The van der Waals surface area contributed by atoms with Crippen LogP contribution in [-0.2, 0) is 0 Å². The Bertz CT molecular complexity index is 711. The van der Waals surface area contributed by atoms with E-state index in [1.807, 2.05) is 0 Å². The van der Waals surface area contributed by atoms with Crippen LogP contribution in [0.15, 0.2) is 18.3 Å². The largest absolute Gasteiger partial charge is 0.465 e. The molecule has 2 amide bonds. The third-order valence-corrected chi connectivity index (χ3v) is 3.98. The van der Waals surface area contributed by atoms with Crippen LogP contribution >= 0.6 is 11.5 Å². The summed E-state index contributed by atoms with van der Waals surface area (Å²) in [6.07, 6.45) is 0.521. The quantitative estimate of drug-likeness (QED) is 0.623. The molecule has 2 heterocycles. The van der Waals surface area contributed by atoms with Crippen molar-refractivity contribution in [2.45, 2.75) is 6.92 Å². The molecule has 0 saturated heterocycles. The molecule has 0 unspecified atom stereocenters. The fourth-order valence-electron chi connectivity index (χ4n) is 1.88. The Kier molecular flexibility index (Phi) is 5.53. The van der Waals surface area contributed by atoms with Crippen LogP contribution < -0.4 is 16.4 Å². The average Bonchev–Trinajstić information content (AvgIpc) is 2.87. The number of rotatable bonds is 6. The Hall–Kier alpha value is -2.88. The van der Waals surface area contributed by atoms with E-state index in [0.717, 1.165) is 11.5 Å². The molecule has 0 atom stereocenters. The van der Waals surface area contributed by atoms with Crippen LogP contribution in [0.25, 0.3) is 0 Å². The summed E-state index contributed by atoms with van der Waals surface area (Å²) in [7, 11) is 1.49. The Balaban J connectivity index is 1.90. The van der Waals surface area contributed by atoms with Crippen LogP contribution in [0.5, 0.6) is 0 Å². The van der Waals surface area contributed by atoms with Gasteiger partial charge in [-0.3, -0.25) is 4.79 Å². The highest BCUT2D eigenvalue weighted by Gasteiger charge is 2.16. The van der Waals surface area contributed by atoms with Gasteiger partial charge in [0.15, 0.2) is 0 Å². The summed E-state index contributed by atoms with van der Waals surface area (Å²) in [6, 6.07) is 3.39. The number of carbonyl (C=O) groups excluding carboxylic acids is 1. The minimum atomic E-state index is -0.986. The van der Waals surface area contributed by atoms with Crippen molar-refractivity contribution in [1.29, 1.82) is 0 Å². The molecule has 0 aromatic carbocycles. The van der Waals surface area contributed by atoms with Crippen LogP contribution in [0.4, 0.5) is 21.3 Å². The molecular formula is C14H18N6O3S. The first kappa shape index (κ1) is 17.5. The molecule has 24 heavy (non-hydrogen) atoms. The van der Waals surface area contributed by atoms with E-state index in [1.54, 1.807) is 19.1 Å². The Morgan fingerprint density at radius 1 is 1.42 bits per heavy atom. The third-order valence-electron chi connectivity index (χ3n) is 3.22. The summed E-state index contributed by atoms with van der Waals surface area (Å²) in [5.74, 6) is 0.254. The van der Waals surface area contributed by atoms with Crippen molar-refractivity contribution in [1.82, 2.24) is 14.3 Å². The molecule has 2 aromatic heterocycles. The minimum absolute atomic E-state index is 0.329. The van der Waals surface area contributed by atoms with Crippen LogP contribution in [-0.4, -0.2) is 51.5 Å². The Labute approximate surface area is 142 Å². The van der Waals surface area contributed by atoms with Crippen molar-refractivity contribution >= 4 is 40.0 Å². The Morgan fingerprint density at radius 2 is 2.17 bits per heavy atom. The molecule has 0 bridgehead atoms. The number of hydrogen-bond acceptors (Lipinski definition) is 7. The van der Waals surface area contributed by atoms with E-state index in [-0.39, 0.29) is 5.91 Å². The fourth-order valence-corrected chi connectivity index (χ4v) is 2.53. The number of aryl methyl sites for hydroxylation is 1. The lowest BCUT2D eigenvalue weighted by molar-refractivity contribution is 0.102. The molecule has 5 N–H and O–H groups in total. The molecule has 0 fully saturated rings. The molecule has 0 aliphatic heterocycles. The second-order valence-electron chi connectivity index (χ2n) is 5.02. The molecule has 0 aliphatic carbocycles. The van der Waals surface area contributed by atoms with Crippen LogP contribution in [0.1, 0.15) is 16.1 Å². The summed E-state index contributed by atoms with van der Waals surface area (Å²) >= 11 is 1.08. The van der Waals surface area contributed by atoms with Gasteiger partial charge in [-0.25, -0.2) is 9.78 Å². The summed E-state index contributed by atoms with van der Waals surface area (Å²) in [5.41, 5.74) is 7.23. The van der Waals surface area contributed by atoms with Crippen LogP contribution in [0, 0.1) is 6.92 Å². The molecule has 10 heteroatoms. The van der Waals surface area contributed by atoms with Crippen molar-refractivity contribution < 1.29 is 14.7 Å². The lowest BCUT2D eigenvalue weighted by atomic mass is 10.2. The number of anilines is 3. The van der Waals surface area contributed by atoms with Crippen LogP contribution in [0.2, 0.25) is 0 Å². The van der Waals surface area contributed by atoms with E-state index < -0.39 is 6.09 Å². The number of hydrogen-bond donors (Lipinski definition) is 4. The number of aromatic nitrogens is 2. The lowest BCUT2D eigenvalue weighted by Crippen LogP contribution is -2.29. The number of likely N-dealkylation sites (N-methyl/N-ethyl adjacent to an activating group) is 1. The zero-order chi connectivity index (χ0) is 17.7. The highest BCUT2D eigenvalue weighted by Crippen LogP contribution is 2.22. The maximum atomic E-state index is 12.2. The molecule has 9 nitrogen and oxygen atoms in total. The van der Waals surface area contributed by atoms with E-state index in [1.165, 1.54) is 18.1 Å². The second kappa shape index (κ2) is 7.59. The van der Waals surface area contributed by atoms with Gasteiger partial charge in [0.1, 0.15) is 10.8 Å². The van der Waals surface area contributed by atoms with Gasteiger partial charge in [-0.05, 0) is 30.6 Å². The highest BCUT2D eigenvalue weighted by molar-refractivity contribution is 7.10. The molecule has 128 valence electrons. The first-order chi connectivity index (χ1) is 11.4. The van der Waals surface area contributed by atoms with E-state index in [2.05, 4.69) is 20.0 Å². The lowest BCUT2D eigenvalue weighted by Gasteiger charge is -2.13. The van der Waals surface area contributed by atoms with Crippen molar-refractivity contribution in [2.75, 3.05) is 36.5 Å².